The molecule has 0 saturated carbocycles. The number of carbonyl (C=O) groups is 2. The van der Waals surface area contributed by atoms with Crippen molar-refractivity contribution >= 4 is 69.3 Å². The Morgan fingerprint density at radius 3 is 2.24 bits per heavy atom. The predicted octanol–water partition coefficient (Wildman–Crippen LogP) is 9.24. The molecule has 0 fully saturated rings. The van der Waals surface area contributed by atoms with Gasteiger partial charge in [0, 0.05) is 44.9 Å². The van der Waals surface area contributed by atoms with Crippen LogP contribution in [0.1, 0.15) is 21.5 Å². The number of fused-ring (bicyclic) bond motifs is 1. The first-order chi connectivity index (χ1) is 26.4. The monoisotopic (exact) mass is 735 g/mol. The Balaban J connectivity index is 1.13. The molecule has 0 aliphatic carbocycles. The summed E-state index contributed by atoms with van der Waals surface area (Å²) in [7, 11) is 3.04. The fourth-order valence-electron chi connectivity index (χ4n) is 5.49. The molecule has 6 aromatic rings. The smallest absolute Gasteiger partial charge is 0.304 e. The van der Waals surface area contributed by atoms with Gasteiger partial charge in [-0.2, -0.15) is 0 Å². The van der Waals surface area contributed by atoms with E-state index in [1.165, 1.54) is 19.1 Å². The number of aliphatic imine (C=N–C) groups is 1. The van der Waals surface area contributed by atoms with Gasteiger partial charge in [-0.3, -0.25) is 14.5 Å². The second kappa shape index (κ2) is 16.0. The largest absolute Gasteiger partial charge is 0.493 e. The number of para-hydroxylation sites is 1. The number of carbonyl (C=O) groups excluding carboxylic acids is 2. The maximum atomic E-state index is 13.9. The van der Waals surface area contributed by atoms with Crippen LogP contribution in [-0.4, -0.2) is 42.8 Å². The van der Waals surface area contributed by atoms with Crippen molar-refractivity contribution in [3.63, 3.8) is 0 Å². The minimum absolute atomic E-state index is 0.245. The van der Waals surface area contributed by atoms with Crippen molar-refractivity contribution in [1.82, 2.24) is 10.4 Å². The number of halogens is 1. The highest BCUT2D eigenvalue weighted by Gasteiger charge is 2.32. The number of methoxy groups -OCH3 is 2. The molecular formula is C40H30ClN9O4. The molecule has 0 saturated heterocycles. The van der Waals surface area contributed by atoms with Gasteiger partial charge >= 0.3 is 5.96 Å². The molecule has 2 amide bonds. The number of hydrogen-bond donors (Lipinski definition) is 2. The van der Waals surface area contributed by atoms with Crippen LogP contribution in [0.25, 0.3) is 17.0 Å². The molecule has 13 nitrogen and oxygen atoms in total. The third-order valence-corrected chi connectivity index (χ3v) is 8.41. The van der Waals surface area contributed by atoms with E-state index < -0.39 is 5.91 Å². The summed E-state index contributed by atoms with van der Waals surface area (Å²) in [6.07, 6.45) is 3.62. The summed E-state index contributed by atoms with van der Waals surface area (Å²) in [5.41, 5.74) is 6.96. The summed E-state index contributed by atoms with van der Waals surface area (Å²) in [6.45, 7) is 0. The van der Waals surface area contributed by atoms with E-state index in [0.29, 0.717) is 39.4 Å². The van der Waals surface area contributed by atoms with Crippen molar-refractivity contribution in [1.29, 1.82) is 0 Å². The van der Waals surface area contributed by atoms with Gasteiger partial charge in [-0.15, -0.1) is 25.6 Å². The van der Waals surface area contributed by atoms with Crippen LogP contribution in [0.15, 0.2) is 164 Å². The number of hydrogen-bond acceptors (Lipinski definition) is 8. The van der Waals surface area contributed by atoms with Gasteiger partial charge < -0.3 is 14.5 Å². The lowest BCUT2D eigenvalue weighted by Gasteiger charge is -2.18. The number of nitrogens with one attached hydrogen (secondary N) is 2. The summed E-state index contributed by atoms with van der Waals surface area (Å²) in [4.78, 5) is 36.8. The maximum Gasteiger partial charge on any atom is 0.304 e. The highest BCUT2D eigenvalue weighted by molar-refractivity contribution is 6.33. The average Bonchev–Trinajstić information content (AvgIpc) is 3.78. The molecule has 1 aliphatic rings. The number of benzene rings is 5. The number of nitrogens with zero attached hydrogens (tertiary/aromatic N) is 7. The Hall–Kier alpha value is -7.25. The number of rotatable bonds is 9. The quantitative estimate of drug-likeness (QED) is 0.0499. The van der Waals surface area contributed by atoms with Crippen molar-refractivity contribution in [3.8, 4) is 11.5 Å². The molecular weight excluding hydrogens is 706 g/mol. The molecule has 14 heteroatoms. The number of aromatic nitrogens is 1. The van der Waals surface area contributed by atoms with Crippen molar-refractivity contribution in [2.75, 3.05) is 19.1 Å². The number of amides is 2. The summed E-state index contributed by atoms with van der Waals surface area (Å²) in [6, 6.07) is 35.4. The highest BCUT2D eigenvalue weighted by atomic mass is 35.5. The van der Waals surface area contributed by atoms with Gasteiger partial charge in [-0.25, -0.2) is 10.4 Å². The van der Waals surface area contributed by atoms with Gasteiger partial charge in [0.1, 0.15) is 11.5 Å². The SMILES string of the molecule is COc1ccc(N=N/C(N=Nc2ccc(Cl)cc2)=N/NC(=O)c2ccc(N3C(=O)/C(=C\c4c[nH]c5ccccc45)N=C3c3ccccc3)cc2)cc1OC. The Morgan fingerprint density at radius 1 is 0.815 bits per heavy atom. The molecule has 0 atom stereocenters. The topological polar surface area (TPSA) is 158 Å². The number of amidine groups is 1. The number of guanidine groups is 1. The van der Waals surface area contributed by atoms with Gasteiger partial charge in [0.2, 0.25) is 0 Å². The lowest BCUT2D eigenvalue weighted by Crippen LogP contribution is -2.32. The van der Waals surface area contributed by atoms with E-state index in [2.05, 4.69) is 36.0 Å². The zero-order valence-corrected chi connectivity index (χ0v) is 29.6. The first-order valence-corrected chi connectivity index (χ1v) is 16.8. The minimum Gasteiger partial charge on any atom is -0.493 e. The van der Waals surface area contributed by atoms with Gasteiger partial charge in [0.05, 0.1) is 31.3 Å². The average molecular weight is 736 g/mol. The maximum absolute atomic E-state index is 13.9. The number of ether oxygens (including phenoxy) is 2. The Bertz CT molecular complexity index is 2490. The number of hydrazone groups is 1. The Morgan fingerprint density at radius 2 is 1.50 bits per heavy atom. The molecule has 1 aromatic heterocycles. The molecule has 0 radical (unpaired) electrons. The molecule has 0 unspecified atom stereocenters. The molecule has 5 aromatic carbocycles. The summed E-state index contributed by atoms with van der Waals surface area (Å²) >= 11 is 5.99. The molecule has 54 heavy (non-hydrogen) atoms. The standard InChI is InChI=1S/C40H30ClN9O4/c1-53-35-21-18-30(23-36(35)54-2)45-48-40(47-44-29-16-14-28(41)15-17-29)49-46-38(51)26-12-19-31(20-13-26)50-37(25-8-4-3-5-9-25)43-34(39(50)52)22-27-24-42-33-11-7-6-10-32(27)33/h3-24,42H,1-2H3,(H,46,51)/b34-22+,47-44?,48-45?,49-40+. The summed E-state index contributed by atoms with van der Waals surface area (Å²) in [5, 5.41) is 22.1. The number of H-pyrrole nitrogens is 1. The molecule has 0 spiro atoms. The molecule has 2 N–H and O–H groups in total. The van der Waals surface area contributed by atoms with Gasteiger partial charge in [0.25, 0.3) is 11.8 Å². The normalized spacial score (nSPS) is 14.0. The van der Waals surface area contributed by atoms with Crippen molar-refractivity contribution in [3.05, 3.63) is 155 Å². The third kappa shape index (κ3) is 7.81. The molecule has 7 rings (SSSR count). The third-order valence-electron chi connectivity index (χ3n) is 8.15. The van der Waals surface area contributed by atoms with Crippen molar-refractivity contribution in [2.45, 2.75) is 0 Å². The number of azo groups is 2. The predicted molar refractivity (Wildman–Crippen MR) is 208 cm³/mol. The van der Waals surface area contributed by atoms with Gasteiger partial charge in [-0.05, 0) is 72.8 Å². The van der Waals surface area contributed by atoms with Crippen LogP contribution in [0.2, 0.25) is 5.02 Å². The Kier molecular flexibility index (Phi) is 10.4. The summed E-state index contributed by atoms with van der Waals surface area (Å²) < 4.78 is 10.6. The highest BCUT2D eigenvalue weighted by Crippen LogP contribution is 2.32. The van der Waals surface area contributed by atoms with E-state index in [0.717, 1.165) is 22.0 Å². The van der Waals surface area contributed by atoms with Gasteiger partial charge in [0.15, 0.2) is 11.5 Å². The fraction of sp³-hybridized carbons (Fsp3) is 0.0500. The van der Waals surface area contributed by atoms with Crippen LogP contribution in [-0.2, 0) is 4.79 Å². The number of aromatic amines is 1. The van der Waals surface area contributed by atoms with Crippen LogP contribution in [0.4, 0.5) is 17.1 Å². The van der Waals surface area contributed by atoms with Crippen LogP contribution < -0.4 is 19.8 Å². The zero-order chi connectivity index (χ0) is 37.4. The van der Waals surface area contributed by atoms with Crippen molar-refractivity contribution in [2.24, 2.45) is 30.6 Å². The van der Waals surface area contributed by atoms with Crippen LogP contribution in [0.3, 0.4) is 0 Å². The van der Waals surface area contributed by atoms with E-state index >= 15 is 0 Å². The molecule has 1 aliphatic heterocycles. The van der Waals surface area contributed by atoms with Crippen LogP contribution in [0.5, 0.6) is 11.5 Å². The summed E-state index contributed by atoms with van der Waals surface area (Å²) in [5.74, 6) is 0.315. The second-order valence-electron chi connectivity index (χ2n) is 11.6. The van der Waals surface area contributed by atoms with Crippen LogP contribution in [0, 0.1) is 0 Å². The van der Waals surface area contributed by atoms with Gasteiger partial charge in [-0.1, -0.05) is 60.1 Å². The van der Waals surface area contributed by atoms with Crippen LogP contribution >= 0.6 is 11.6 Å². The number of anilines is 1. The Labute approximate surface area is 314 Å². The fourth-order valence-corrected chi connectivity index (χ4v) is 5.62. The van der Waals surface area contributed by atoms with E-state index in [-0.39, 0.29) is 23.1 Å². The molecule has 266 valence electrons. The minimum atomic E-state index is -0.563. The first-order valence-electron chi connectivity index (χ1n) is 16.5. The lowest BCUT2D eigenvalue weighted by molar-refractivity contribution is -0.113. The van der Waals surface area contributed by atoms with E-state index in [4.69, 9.17) is 26.1 Å². The first kappa shape index (κ1) is 35.2. The lowest BCUT2D eigenvalue weighted by atomic mass is 10.1. The van der Waals surface area contributed by atoms with E-state index in [9.17, 15) is 9.59 Å². The van der Waals surface area contributed by atoms with Crippen molar-refractivity contribution < 1.29 is 19.1 Å². The zero-order valence-electron chi connectivity index (χ0n) is 28.8. The molecule has 0 bridgehead atoms. The molecule has 2 heterocycles. The second-order valence-corrected chi connectivity index (χ2v) is 12.0. The van der Waals surface area contributed by atoms with E-state index in [1.54, 1.807) is 72.8 Å². The van der Waals surface area contributed by atoms with E-state index in [1.807, 2.05) is 60.8 Å².